The van der Waals surface area contributed by atoms with E-state index in [9.17, 15) is 0 Å². The molecular formula is C19H31IN6O. The molecule has 0 aliphatic carbocycles. The van der Waals surface area contributed by atoms with Crippen molar-refractivity contribution in [2.75, 3.05) is 19.6 Å². The van der Waals surface area contributed by atoms with E-state index in [1.165, 1.54) is 12.0 Å². The average molecular weight is 486 g/mol. The van der Waals surface area contributed by atoms with Crippen LogP contribution in [0.15, 0.2) is 28.0 Å². The number of nitrogens with zero attached hydrogens (tertiary/aromatic N) is 5. The highest BCUT2D eigenvalue weighted by atomic mass is 127. The van der Waals surface area contributed by atoms with Crippen LogP contribution >= 0.6 is 24.0 Å². The third kappa shape index (κ3) is 5.95. The summed E-state index contributed by atoms with van der Waals surface area (Å²) in [6.45, 7) is 9.76. The molecule has 1 fully saturated rings. The lowest BCUT2D eigenvalue weighted by atomic mass is 10.0. The second-order valence-electron chi connectivity index (χ2n) is 7.37. The third-order valence-electron chi connectivity index (χ3n) is 4.76. The smallest absolute Gasteiger partial charge is 0.194 e. The van der Waals surface area contributed by atoms with E-state index >= 15 is 0 Å². The van der Waals surface area contributed by atoms with Gasteiger partial charge >= 0.3 is 0 Å². The summed E-state index contributed by atoms with van der Waals surface area (Å²) in [5, 5.41) is 11.8. The van der Waals surface area contributed by atoms with Crippen LogP contribution in [0.25, 0.3) is 0 Å². The maximum atomic E-state index is 5.41. The van der Waals surface area contributed by atoms with Gasteiger partial charge in [0.25, 0.3) is 0 Å². The van der Waals surface area contributed by atoms with Crippen LogP contribution in [0, 0.1) is 5.92 Å². The molecule has 0 bridgehead atoms. The Labute approximate surface area is 178 Å². The fourth-order valence-electron chi connectivity index (χ4n) is 3.36. The molecule has 1 unspecified atom stereocenters. The standard InChI is InChI=1S/C19H30N6O.HI/c1-5-20-19(21-11-17-9-18(14(2)3)23-26-17)25-7-6-15(13-25)8-16-10-22-24(4)12-16;/h9-10,12,14-15H,5-8,11,13H2,1-4H3,(H,20,21);1H. The molecule has 0 spiro atoms. The molecule has 1 atom stereocenters. The van der Waals surface area contributed by atoms with Crippen molar-refractivity contribution >= 4 is 29.9 Å². The Hall–Kier alpha value is -1.58. The topological polar surface area (TPSA) is 71.5 Å². The summed E-state index contributed by atoms with van der Waals surface area (Å²) < 4.78 is 7.28. The van der Waals surface area contributed by atoms with Gasteiger partial charge in [-0.25, -0.2) is 4.99 Å². The Morgan fingerprint density at radius 3 is 2.89 bits per heavy atom. The molecular weight excluding hydrogens is 455 g/mol. The molecule has 0 radical (unpaired) electrons. The van der Waals surface area contributed by atoms with E-state index in [0.29, 0.717) is 18.4 Å². The van der Waals surface area contributed by atoms with Gasteiger partial charge in [0.05, 0.1) is 11.9 Å². The zero-order chi connectivity index (χ0) is 18.5. The minimum atomic E-state index is 0. The molecule has 1 aliphatic heterocycles. The van der Waals surface area contributed by atoms with E-state index in [0.717, 1.165) is 43.5 Å². The van der Waals surface area contributed by atoms with Gasteiger partial charge in [-0.15, -0.1) is 24.0 Å². The number of nitrogens with one attached hydrogen (secondary N) is 1. The summed E-state index contributed by atoms with van der Waals surface area (Å²) in [5.74, 6) is 2.79. The highest BCUT2D eigenvalue weighted by Gasteiger charge is 2.25. The van der Waals surface area contributed by atoms with Gasteiger partial charge in [-0.2, -0.15) is 5.10 Å². The molecule has 2 aromatic rings. The predicted molar refractivity (Wildman–Crippen MR) is 117 cm³/mol. The summed E-state index contributed by atoms with van der Waals surface area (Å²) in [6.07, 6.45) is 6.33. The van der Waals surface area contributed by atoms with Crippen LogP contribution in [0.2, 0.25) is 0 Å². The van der Waals surface area contributed by atoms with E-state index in [-0.39, 0.29) is 24.0 Å². The fourth-order valence-corrected chi connectivity index (χ4v) is 3.36. The number of halogens is 1. The second kappa shape index (κ2) is 10.1. The van der Waals surface area contributed by atoms with Crippen molar-refractivity contribution < 1.29 is 4.52 Å². The van der Waals surface area contributed by atoms with Gasteiger partial charge < -0.3 is 14.7 Å². The molecule has 7 nitrogen and oxygen atoms in total. The van der Waals surface area contributed by atoms with Crippen LogP contribution < -0.4 is 5.32 Å². The van der Waals surface area contributed by atoms with Crippen molar-refractivity contribution in [3.8, 4) is 0 Å². The number of guanidine groups is 1. The number of likely N-dealkylation sites (tertiary alicyclic amines) is 1. The molecule has 3 heterocycles. The minimum Gasteiger partial charge on any atom is -0.359 e. The second-order valence-corrected chi connectivity index (χ2v) is 7.37. The Kier molecular flexibility index (Phi) is 8.12. The highest BCUT2D eigenvalue weighted by molar-refractivity contribution is 14.0. The first-order chi connectivity index (χ1) is 12.5. The molecule has 150 valence electrons. The number of hydrogen-bond acceptors (Lipinski definition) is 4. The Morgan fingerprint density at radius 1 is 1.44 bits per heavy atom. The fraction of sp³-hybridized carbons (Fsp3) is 0.632. The van der Waals surface area contributed by atoms with Crippen LogP contribution in [-0.4, -0.2) is 45.4 Å². The van der Waals surface area contributed by atoms with Crippen LogP contribution in [-0.2, 0) is 20.0 Å². The van der Waals surface area contributed by atoms with Crippen LogP contribution in [0.5, 0.6) is 0 Å². The first-order valence-electron chi connectivity index (χ1n) is 9.51. The molecule has 27 heavy (non-hydrogen) atoms. The molecule has 1 N–H and O–H groups in total. The lowest BCUT2D eigenvalue weighted by Crippen LogP contribution is -2.40. The minimum absolute atomic E-state index is 0. The predicted octanol–water partition coefficient (Wildman–Crippen LogP) is 3.18. The van der Waals surface area contributed by atoms with Crippen molar-refractivity contribution in [1.29, 1.82) is 0 Å². The number of hydrogen-bond donors (Lipinski definition) is 1. The maximum absolute atomic E-state index is 5.41. The summed E-state index contributed by atoms with van der Waals surface area (Å²) >= 11 is 0. The Morgan fingerprint density at radius 2 is 2.26 bits per heavy atom. The lowest BCUT2D eigenvalue weighted by molar-refractivity contribution is 0.375. The third-order valence-corrected chi connectivity index (χ3v) is 4.76. The molecule has 8 heteroatoms. The SMILES string of the molecule is CCNC(=NCc1cc(C(C)C)no1)N1CCC(Cc2cnn(C)c2)C1.I. The maximum Gasteiger partial charge on any atom is 0.194 e. The summed E-state index contributed by atoms with van der Waals surface area (Å²) in [7, 11) is 1.97. The number of aliphatic imine (C=N–C) groups is 1. The van der Waals surface area contributed by atoms with E-state index in [1.54, 1.807) is 0 Å². The number of rotatable bonds is 6. The van der Waals surface area contributed by atoms with Crippen molar-refractivity contribution in [2.45, 2.75) is 46.1 Å². The van der Waals surface area contributed by atoms with Crippen molar-refractivity contribution in [3.05, 3.63) is 35.5 Å². The number of aryl methyl sites for hydroxylation is 1. The van der Waals surface area contributed by atoms with Gasteiger partial charge in [0, 0.05) is 38.9 Å². The largest absolute Gasteiger partial charge is 0.359 e. The molecule has 2 aromatic heterocycles. The first kappa shape index (κ1) is 21.7. The van der Waals surface area contributed by atoms with Crippen molar-refractivity contribution in [3.63, 3.8) is 0 Å². The van der Waals surface area contributed by atoms with E-state index < -0.39 is 0 Å². The summed E-state index contributed by atoms with van der Waals surface area (Å²) in [4.78, 5) is 7.12. The highest BCUT2D eigenvalue weighted by Crippen LogP contribution is 2.21. The molecule has 1 saturated heterocycles. The van der Waals surface area contributed by atoms with Gasteiger partial charge in [0.2, 0.25) is 0 Å². The van der Waals surface area contributed by atoms with E-state index in [1.807, 2.05) is 24.0 Å². The summed E-state index contributed by atoms with van der Waals surface area (Å²) in [5.41, 5.74) is 2.29. The van der Waals surface area contributed by atoms with Gasteiger partial charge in [0.1, 0.15) is 6.54 Å². The first-order valence-corrected chi connectivity index (χ1v) is 9.51. The average Bonchev–Trinajstić information content (AvgIpc) is 3.33. The van der Waals surface area contributed by atoms with Crippen LogP contribution in [0.4, 0.5) is 0 Å². The van der Waals surface area contributed by atoms with E-state index in [4.69, 9.17) is 9.52 Å². The lowest BCUT2D eigenvalue weighted by Gasteiger charge is -2.21. The zero-order valence-electron chi connectivity index (χ0n) is 16.7. The van der Waals surface area contributed by atoms with E-state index in [2.05, 4.69) is 47.4 Å². The van der Waals surface area contributed by atoms with Crippen LogP contribution in [0.3, 0.4) is 0 Å². The van der Waals surface area contributed by atoms with Crippen molar-refractivity contribution in [2.24, 2.45) is 18.0 Å². The van der Waals surface area contributed by atoms with Gasteiger partial charge in [-0.3, -0.25) is 4.68 Å². The van der Waals surface area contributed by atoms with Gasteiger partial charge in [-0.05, 0) is 37.2 Å². The number of aromatic nitrogens is 3. The van der Waals surface area contributed by atoms with Gasteiger partial charge in [0.15, 0.2) is 11.7 Å². The molecule has 1 aliphatic rings. The molecule has 0 saturated carbocycles. The quantitative estimate of drug-likeness (QED) is 0.386. The van der Waals surface area contributed by atoms with Crippen LogP contribution in [0.1, 0.15) is 50.1 Å². The normalized spacial score (nSPS) is 17.4. The summed E-state index contributed by atoms with van der Waals surface area (Å²) in [6, 6.07) is 2.01. The zero-order valence-corrected chi connectivity index (χ0v) is 19.0. The molecule has 0 amide bonds. The van der Waals surface area contributed by atoms with Gasteiger partial charge in [-0.1, -0.05) is 19.0 Å². The molecule has 3 rings (SSSR count). The monoisotopic (exact) mass is 486 g/mol. The Balaban J connectivity index is 0.00000261. The van der Waals surface area contributed by atoms with Crippen molar-refractivity contribution in [1.82, 2.24) is 25.2 Å². The molecule has 0 aromatic carbocycles. The Bertz CT molecular complexity index is 738.